The fraction of sp³-hybridized carbons (Fsp3) is 0.421. The van der Waals surface area contributed by atoms with E-state index in [9.17, 15) is 20.0 Å². The van der Waals surface area contributed by atoms with Gasteiger partial charge in [0.05, 0.1) is 15.9 Å². The highest BCUT2D eigenvalue weighted by Crippen LogP contribution is 2.35. The number of carbonyl (C=O) groups is 1. The zero-order valence-corrected chi connectivity index (χ0v) is 14.5. The summed E-state index contributed by atoms with van der Waals surface area (Å²) < 4.78 is 0. The van der Waals surface area contributed by atoms with Crippen LogP contribution in [0.5, 0.6) is 5.75 Å². The summed E-state index contributed by atoms with van der Waals surface area (Å²) in [6, 6.07) is 7.61. The van der Waals surface area contributed by atoms with Gasteiger partial charge in [0.1, 0.15) is 5.75 Å². The third-order valence-corrected chi connectivity index (χ3v) is 4.25. The Morgan fingerprint density at radius 3 is 2.44 bits per heavy atom. The highest BCUT2D eigenvalue weighted by atomic mass is 16.6. The molecule has 0 fully saturated rings. The molecule has 25 heavy (non-hydrogen) atoms. The molecule has 0 unspecified atom stereocenters. The molecule has 2 N–H and O–H groups in total. The van der Waals surface area contributed by atoms with Gasteiger partial charge < -0.3 is 10.4 Å². The standard InChI is InChI=1S/C19H24N2O4/c1-2-3-4-5-6-9-12-20-19(23)16-13-17(21(24)25)14-10-7-8-11-15(14)18(16)22/h7-8,10-11,13,22H,2-6,9,12H2,1H3,(H,20,23). The predicted octanol–water partition coefficient (Wildman–Crippen LogP) is 4.54. The van der Waals surface area contributed by atoms with Crippen molar-refractivity contribution in [1.82, 2.24) is 5.32 Å². The summed E-state index contributed by atoms with van der Waals surface area (Å²) in [5, 5.41) is 25.0. The van der Waals surface area contributed by atoms with Crippen molar-refractivity contribution in [1.29, 1.82) is 0 Å². The molecule has 2 aromatic rings. The summed E-state index contributed by atoms with van der Waals surface area (Å²) in [6.45, 7) is 2.65. The van der Waals surface area contributed by atoms with Gasteiger partial charge in [-0.05, 0) is 12.5 Å². The van der Waals surface area contributed by atoms with Gasteiger partial charge in [-0.15, -0.1) is 0 Å². The van der Waals surface area contributed by atoms with Crippen molar-refractivity contribution < 1.29 is 14.8 Å². The van der Waals surface area contributed by atoms with E-state index >= 15 is 0 Å². The number of nitro groups is 1. The van der Waals surface area contributed by atoms with Crippen molar-refractivity contribution in [3.63, 3.8) is 0 Å². The van der Waals surface area contributed by atoms with Crippen LogP contribution in [0, 0.1) is 10.1 Å². The fourth-order valence-electron chi connectivity index (χ4n) is 2.87. The average molecular weight is 344 g/mol. The Hall–Kier alpha value is -2.63. The summed E-state index contributed by atoms with van der Waals surface area (Å²) in [7, 11) is 0. The van der Waals surface area contributed by atoms with Gasteiger partial charge in [-0.3, -0.25) is 14.9 Å². The fourth-order valence-corrected chi connectivity index (χ4v) is 2.87. The molecule has 0 saturated heterocycles. The van der Waals surface area contributed by atoms with E-state index in [4.69, 9.17) is 0 Å². The Kier molecular flexibility index (Phi) is 6.74. The number of nitrogens with one attached hydrogen (secondary N) is 1. The molecule has 0 atom stereocenters. The van der Waals surface area contributed by atoms with E-state index in [1.54, 1.807) is 24.3 Å². The Morgan fingerprint density at radius 2 is 1.76 bits per heavy atom. The largest absolute Gasteiger partial charge is 0.506 e. The Labute approximate surface area is 147 Å². The minimum atomic E-state index is -0.535. The van der Waals surface area contributed by atoms with Gasteiger partial charge >= 0.3 is 0 Å². The average Bonchev–Trinajstić information content (AvgIpc) is 2.61. The number of fused-ring (bicyclic) bond motifs is 1. The summed E-state index contributed by atoms with van der Waals surface area (Å²) >= 11 is 0. The van der Waals surface area contributed by atoms with Crippen molar-refractivity contribution in [3.8, 4) is 5.75 Å². The number of carbonyl (C=O) groups excluding carboxylic acids is 1. The SMILES string of the molecule is CCCCCCCCNC(=O)c1cc([N+](=O)[O-])c2ccccc2c1O. The normalized spacial score (nSPS) is 10.8. The van der Waals surface area contributed by atoms with E-state index < -0.39 is 10.8 Å². The first-order valence-corrected chi connectivity index (χ1v) is 8.73. The van der Waals surface area contributed by atoms with Crippen LogP contribution in [0.2, 0.25) is 0 Å². The smallest absolute Gasteiger partial charge is 0.278 e. The third-order valence-electron chi connectivity index (χ3n) is 4.25. The molecule has 6 nitrogen and oxygen atoms in total. The van der Waals surface area contributed by atoms with Crippen molar-refractivity contribution >= 4 is 22.4 Å². The zero-order valence-electron chi connectivity index (χ0n) is 14.5. The minimum absolute atomic E-state index is 0.0589. The number of unbranched alkanes of at least 4 members (excludes halogenated alkanes) is 5. The topological polar surface area (TPSA) is 92.5 Å². The van der Waals surface area contributed by atoms with Crippen LogP contribution in [-0.4, -0.2) is 22.5 Å². The molecule has 0 saturated carbocycles. The maximum atomic E-state index is 12.3. The maximum Gasteiger partial charge on any atom is 0.278 e. The van der Waals surface area contributed by atoms with E-state index in [1.165, 1.54) is 19.3 Å². The second kappa shape index (κ2) is 9.01. The van der Waals surface area contributed by atoms with Crippen LogP contribution >= 0.6 is 0 Å². The van der Waals surface area contributed by atoms with Crippen LogP contribution in [0.1, 0.15) is 55.8 Å². The predicted molar refractivity (Wildman–Crippen MR) is 98.0 cm³/mol. The first-order valence-electron chi connectivity index (χ1n) is 8.73. The molecule has 0 aliphatic heterocycles. The number of amides is 1. The number of nitro benzene ring substituents is 1. The molecule has 0 aliphatic rings. The summed E-state index contributed by atoms with van der Waals surface area (Å²) in [5.41, 5.74) is -0.241. The Bertz CT molecular complexity index is 758. The van der Waals surface area contributed by atoms with Crippen LogP contribution in [0.4, 0.5) is 5.69 Å². The highest BCUT2D eigenvalue weighted by molar-refractivity contribution is 6.06. The van der Waals surface area contributed by atoms with Crippen LogP contribution in [-0.2, 0) is 0 Å². The number of hydrogen-bond acceptors (Lipinski definition) is 4. The van der Waals surface area contributed by atoms with Gasteiger partial charge in [-0.2, -0.15) is 0 Å². The van der Waals surface area contributed by atoms with E-state index in [-0.39, 0.29) is 17.0 Å². The molecule has 0 aliphatic carbocycles. The van der Waals surface area contributed by atoms with Gasteiger partial charge in [-0.1, -0.05) is 57.2 Å². The van der Waals surface area contributed by atoms with E-state index in [0.29, 0.717) is 17.3 Å². The molecular weight excluding hydrogens is 320 g/mol. The number of aromatic hydroxyl groups is 1. The lowest BCUT2D eigenvalue weighted by molar-refractivity contribution is -0.383. The van der Waals surface area contributed by atoms with E-state index in [1.807, 2.05) is 0 Å². The van der Waals surface area contributed by atoms with Gasteiger partial charge in [0.15, 0.2) is 0 Å². The number of hydrogen-bond donors (Lipinski definition) is 2. The number of non-ortho nitro benzene ring substituents is 1. The third kappa shape index (κ3) is 4.68. The molecule has 134 valence electrons. The van der Waals surface area contributed by atoms with Crippen LogP contribution < -0.4 is 5.32 Å². The minimum Gasteiger partial charge on any atom is -0.506 e. The summed E-state index contributed by atoms with van der Waals surface area (Å²) in [5.74, 6) is -0.707. The molecule has 0 aromatic heterocycles. The van der Waals surface area contributed by atoms with Crippen molar-refractivity contribution in [2.24, 2.45) is 0 Å². The molecule has 0 radical (unpaired) electrons. The summed E-state index contributed by atoms with van der Waals surface area (Å²) in [4.78, 5) is 23.1. The van der Waals surface area contributed by atoms with Crippen LogP contribution in [0.25, 0.3) is 10.8 Å². The van der Waals surface area contributed by atoms with Gasteiger partial charge in [0.2, 0.25) is 0 Å². The molecule has 2 aromatic carbocycles. The van der Waals surface area contributed by atoms with Crippen molar-refractivity contribution in [2.75, 3.05) is 6.54 Å². The number of phenols is 1. The molecule has 2 rings (SSSR count). The maximum absolute atomic E-state index is 12.3. The van der Waals surface area contributed by atoms with Crippen LogP contribution in [0.15, 0.2) is 30.3 Å². The number of nitrogens with zero attached hydrogens (tertiary/aromatic N) is 1. The quantitative estimate of drug-likeness (QED) is 0.397. The lowest BCUT2D eigenvalue weighted by Gasteiger charge is -2.10. The molecule has 0 heterocycles. The number of benzene rings is 2. The molecule has 0 bridgehead atoms. The molecule has 0 spiro atoms. The van der Waals surface area contributed by atoms with E-state index in [2.05, 4.69) is 12.2 Å². The van der Waals surface area contributed by atoms with Crippen LogP contribution in [0.3, 0.4) is 0 Å². The molecule has 6 heteroatoms. The second-order valence-electron chi connectivity index (χ2n) is 6.12. The molecule has 1 amide bonds. The molecular formula is C19H24N2O4. The summed E-state index contributed by atoms with van der Waals surface area (Å²) in [6.07, 6.45) is 6.63. The van der Waals surface area contributed by atoms with Gasteiger partial charge in [-0.25, -0.2) is 0 Å². The lowest BCUT2D eigenvalue weighted by atomic mass is 10.0. The zero-order chi connectivity index (χ0) is 18.2. The van der Waals surface area contributed by atoms with Crippen molar-refractivity contribution in [2.45, 2.75) is 45.4 Å². The van der Waals surface area contributed by atoms with E-state index in [0.717, 1.165) is 25.3 Å². The van der Waals surface area contributed by atoms with Gasteiger partial charge in [0.25, 0.3) is 11.6 Å². The number of phenolic OH excluding ortho intramolecular Hbond substituents is 1. The number of rotatable bonds is 9. The lowest BCUT2D eigenvalue weighted by Crippen LogP contribution is -2.24. The van der Waals surface area contributed by atoms with Crippen molar-refractivity contribution in [3.05, 3.63) is 46.0 Å². The van der Waals surface area contributed by atoms with Gasteiger partial charge in [0, 0.05) is 18.0 Å². The first kappa shape index (κ1) is 18.7. The highest BCUT2D eigenvalue weighted by Gasteiger charge is 2.22. The first-order chi connectivity index (χ1) is 12.1. The Morgan fingerprint density at radius 1 is 1.12 bits per heavy atom. The Balaban J connectivity index is 2.08. The monoisotopic (exact) mass is 344 g/mol. The second-order valence-corrected chi connectivity index (χ2v) is 6.12.